The Kier molecular flexibility index (Phi) is 3.91. The van der Waals surface area contributed by atoms with Gasteiger partial charge in [0.15, 0.2) is 11.4 Å². The van der Waals surface area contributed by atoms with Gasteiger partial charge in [-0.25, -0.2) is 9.78 Å². The van der Waals surface area contributed by atoms with Crippen molar-refractivity contribution in [2.24, 2.45) is 0 Å². The van der Waals surface area contributed by atoms with Gasteiger partial charge in [0.25, 0.3) is 0 Å². The lowest BCUT2D eigenvalue weighted by molar-refractivity contribution is 0.0492. The first-order chi connectivity index (χ1) is 6.74. The first kappa shape index (κ1) is 10.5. The predicted octanol–water partition coefficient (Wildman–Crippen LogP) is 2.18. The maximum absolute atomic E-state index is 11.2. The van der Waals surface area contributed by atoms with Gasteiger partial charge in [-0.05, 0) is 6.42 Å². The Morgan fingerprint density at radius 3 is 3.00 bits per heavy atom. The van der Waals surface area contributed by atoms with Crippen molar-refractivity contribution < 1.29 is 14.6 Å². The second-order valence-corrected chi connectivity index (χ2v) is 2.87. The highest BCUT2D eigenvalue weighted by atomic mass is 16.5. The van der Waals surface area contributed by atoms with Gasteiger partial charge >= 0.3 is 5.97 Å². The number of rotatable bonds is 4. The van der Waals surface area contributed by atoms with E-state index >= 15 is 0 Å². The molecule has 0 aliphatic heterocycles. The zero-order chi connectivity index (χ0) is 10.4. The summed E-state index contributed by atoms with van der Waals surface area (Å²) in [6.45, 7) is 2.38. The second-order valence-electron chi connectivity index (χ2n) is 2.87. The normalized spacial score (nSPS) is 9.79. The molecular formula is C10H12NO3. The van der Waals surface area contributed by atoms with E-state index in [1.165, 1.54) is 18.3 Å². The van der Waals surface area contributed by atoms with Gasteiger partial charge in [-0.15, -0.1) is 0 Å². The van der Waals surface area contributed by atoms with Crippen molar-refractivity contribution in [2.75, 3.05) is 6.61 Å². The second kappa shape index (κ2) is 5.21. The number of esters is 1. The fourth-order valence-electron chi connectivity index (χ4n) is 0.906. The first-order valence-electron chi connectivity index (χ1n) is 4.54. The third-order valence-corrected chi connectivity index (χ3v) is 1.67. The van der Waals surface area contributed by atoms with Crippen LogP contribution in [0.15, 0.2) is 18.3 Å². The Morgan fingerprint density at radius 1 is 1.57 bits per heavy atom. The highest BCUT2D eigenvalue weighted by molar-refractivity contribution is 5.87. The number of hydrogen-bond donors (Lipinski definition) is 0. The molecule has 75 valence electrons. The van der Waals surface area contributed by atoms with Crippen molar-refractivity contribution in [2.45, 2.75) is 19.8 Å². The third-order valence-electron chi connectivity index (χ3n) is 1.67. The molecule has 0 aromatic carbocycles. The summed E-state index contributed by atoms with van der Waals surface area (Å²) in [6, 6.07) is 2.47. The van der Waals surface area contributed by atoms with Crippen LogP contribution in [0, 0.1) is 0 Å². The van der Waals surface area contributed by atoms with Crippen LogP contribution < -0.4 is 0 Å². The number of nitrogens with zero attached hydrogens (tertiary/aromatic N) is 1. The van der Waals surface area contributed by atoms with E-state index in [2.05, 4.69) is 4.98 Å². The van der Waals surface area contributed by atoms with Gasteiger partial charge in [-0.1, -0.05) is 13.3 Å². The molecule has 0 fully saturated rings. The highest BCUT2D eigenvalue weighted by Crippen LogP contribution is 2.09. The van der Waals surface area contributed by atoms with E-state index in [0.717, 1.165) is 12.8 Å². The van der Waals surface area contributed by atoms with Crippen LogP contribution >= 0.6 is 0 Å². The minimum Gasteiger partial charge on any atom is -0.461 e. The largest absolute Gasteiger partial charge is 0.461 e. The number of ether oxygens (including phenoxy) is 1. The third kappa shape index (κ3) is 3.05. The summed E-state index contributed by atoms with van der Waals surface area (Å²) in [6.07, 6.45) is 3.09. The van der Waals surface area contributed by atoms with E-state index in [-0.39, 0.29) is 11.4 Å². The molecule has 4 heteroatoms. The maximum atomic E-state index is 11.2. The summed E-state index contributed by atoms with van der Waals surface area (Å²) in [4.78, 5) is 15.0. The fraction of sp³-hybridized carbons (Fsp3) is 0.400. The molecule has 0 saturated carbocycles. The lowest BCUT2D eigenvalue weighted by atomic mass is 10.3. The molecule has 4 nitrogen and oxygen atoms in total. The Balaban J connectivity index is 2.52. The van der Waals surface area contributed by atoms with Crippen LogP contribution in [-0.4, -0.2) is 17.6 Å². The molecule has 14 heavy (non-hydrogen) atoms. The Bertz CT molecular complexity index is 312. The molecule has 0 aliphatic carbocycles. The topological polar surface area (TPSA) is 59.1 Å². The van der Waals surface area contributed by atoms with Gasteiger partial charge < -0.3 is 4.74 Å². The molecule has 0 saturated heterocycles. The average molecular weight is 194 g/mol. The van der Waals surface area contributed by atoms with E-state index in [1.807, 2.05) is 6.92 Å². The van der Waals surface area contributed by atoms with Crippen molar-refractivity contribution >= 4 is 5.97 Å². The van der Waals surface area contributed by atoms with Crippen LogP contribution in [-0.2, 0) is 9.84 Å². The molecule has 0 aliphatic rings. The van der Waals surface area contributed by atoms with Gasteiger partial charge in [0.05, 0.1) is 6.61 Å². The summed E-state index contributed by atoms with van der Waals surface area (Å²) in [5, 5.41) is 10.9. The van der Waals surface area contributed by atoms with Gasteiger partial charge in [0.1, 0.15) is 0 Å². The Labute approximate surface area is 82.5 Å². The molecule has 0 spiro atoms. The fourth-order valence-corrected chi connectivity index (χ4v) is 0.906. The molecule has 1 heterocycles. The number of unbranched alkanes of at least 4 members (excludes halogenated alkanes) is 1. The smallest absolute Gasteiger partial charge is 0.357 e. The number of hydrogen-bond acceptors (Lipinski definition) is 3. The number of carbonyl (C=O) groups excluding carboxylic acids is 1. The first-order valence-corrected chi connectivity index (χ1v) is 4.54. The van der Waals surface area contributed by atoms with Crippen molar-refractivity contribution in [3.05, 3.63) is 24.0 Å². The molecule has 1 rings (SSSR count). The monoisotopic (exact) mass is 194 g/mol. The summed E-state index contributed by atoms with van der Waals surface area (Å²) in [5.74, 6) is -0.765. The van der Waals surface area contributed by atoms with E-state index in [9.17, 15) is 9.90 Å². The molecule has 1 aromatic heterocycles. The zero-order valence-electron chi connectivity index (χ0n) is 8.03. The van der Waals surface area contributed by atoms with E-state index in [0.29, 0.717) is 6.61 Å². The highest BCUT2D eigenvalue weighted by Gasteiger charge is 2.08. The van der Waals surface area contributed by atoms with Crippen molar-refractivity contribution in [3.63, 3.8) is 0 Å². The molecule has 1 aromatic rings. The summed E-state index contributed by atoms with van der Waals surface area (Å²) in [7, 11) is 0. The summed E-state index contributed by atoms with van der Waals surface area (Å²) in [5.41, 5.74) is 0.0774. The Hall–Kier alpha value is -1.58. The lowest BCUT2D eigenvalue weighted by Gasteiger charge is -2.02. The summed E-state index contributed by atoms with van der Waals surface area (Å²) < 4.78 is 4.88. The van der Waals surface area contributed by atoms with Crippen molar-refractivity contribution in [3.8, 4) is 5.75 Å². The van der Waals surface area contributed by atoms with E-state index in [1.54, 1.807) is 0 Å². The van der Waals surface area contributed by atoms with E-state index in [4.69, 9.17) is 4.74 Å². The molecule has 0 N–H and O–H groups in total. The Morgan fingerprint density at radius 2 is 2.36 bits per heavy atom. The van der Waals surface area contributed by atoms with Crippen LogP contribution in [0.3, 0.4) is 0 Å². The number of carbonyl (C=O) groups is 1. The molecular weight excluding hydrogens is 182 g/mol. The standard InChI is InChI=1S/C10H12NO3/c1-2-3-6-14-10(13)9-7-8(12)4-5-11-9/h4-5,7H,2-3,6H2,1H3. The van der Waals surface area contributed by atoms with Crippen LogP contribution in [0.25, 0.3) is 0 Å². The molecule has 0 bridgehead atoms. The van der Waals surface area contributed by atoms with Gasteiger partial charge in [0, 0.05) is 18.3 Å². The predicted molar refractivity (Wildman–Crippen MR) is 49.6 cm³/mol. The molecule has 1 radical (unpaired) electrons. The average Bonchev–Trinajstić information content (AvgIpc) is 2.18. The number of pyridine rings is 1. The summed E-state index contributed by atoms with van der Waals surface area (Å²) >= 11 is 0. The molecule has 0 atom stereocenters. The van der Waals surface area contributed by atoms with Crippen molar-refractivity contribution in [1.82, 2.24) is 4.98 Å². The maximum Gasteiger partial charge on any atom is 0.357 e. The minimum atomic E-state index is -0.531. The number of aromatic nitrogens is 1. The van der Waals surface area contributed by atoms with Crippen LogP contribution in [0.4, 0.5) is 0 Å². The van der Waals surface area contributed by atoms with Gasteiger partial charge in [0.2, 0.25) is 0 Å². The minimum absolute atomic E-state index is 0.0774. The lowest BCUT2D eigenvalue weighted by Crippen LogP contribution is -2.07. The van der Waals surface area contributed by atoms with Crippen molar-refractivity contribution in [1.29, 1.82) is 0 Å². The van der Waals surface area contributed by atoms with Crippen LogP contribution in [0.2, 0.25) is 0 Å². The van der Waals surface area contributed by atoms with Gasteiger partial charge in [-0.2, -0.15) is 0 Å². The van der Waals surface area contributed by atoms with E-state index < -0.39 is 5.97 Å². The molecule has 0 unspecified atom stereocenters. The zero-order valence-corrected chi connectivity index (χ0v) is 8.03. The van der Waals surface area contributed by atoms with Gasteiger partial charge in [-0.3, -0.25) is 5.11 Å². The SMILES string of the molecule is CCCCOC(=O)c1cc([O])ccn1. The molecule has 0 amide bonds. The van der Waals surface area contributed by atoms with Crippen LogP contribution in [0.1, 0.15) is 30.3 Å². The van der Waals surface area contributed by atoms with Crippen LogP contribution in [0.5, 0.6) is 5.75 Å². The quantitative estimate of drug-likeness (QED) is 0.545.